The molecule has 0 aliphatic heterocycles. The molecule has 0 saturated carbocycles. The third kappa shape index (κ3) is 4.91. The second-order valence-electron chi connectivity index (χ2n) is 5.65. The molecular formula is C15H20N4O2. The Morgan fingerprint density at radius 3 is 2.67 bits per heavy atom. The molecule has 0 saturated heterocycles. The Morgan fingerprint density at radius 1 is 1.29 bits per heavy atom. The van der Waals surface area contributed by atoms with Crippen LogP contribution in [0.5, 0.6) is 0 Å². The van der Waals surface area contributed by atoms with Gasteiger partial charge in [0.2, 0.25) is 0 Å². The maximum absolute atomic E-state index is 11.5. The van der Waals surface area contributed by atoms with E-state index in [-0.39, 0.29) is 0 Å². The van der Waals surface area contributed by atoms with E-state index in [1.165, 1.54) is 0 Å². The van der Waals surface area contributed by atoms with Crippen LogP contribution in [0.25, 0.3) is 11.4 Å². The predicted octanol–water partition coefficient (Wildman–Crippen LogP) is 2.54. The highest BCUT2D eigenvalue weighted by Crippen LogP contribution is 2.13. The van der Waals surface area contributed by atoms with Crippen molar-refractivity contribution in [2.24, 2.45) is 0 Å². The maximum atomic E-state index is 11.5. The normalized spacial score (nSPS) is 11.2. The molecule has 2 rings (SSSR count). The second kappa shape index (κ2) is 6.39. The minimum Gasteiger partial charge on any atom is -0.444 e. The fraction of sp³-hybridized carbons (Fsp3) is 0.400. The van der Waals surface area contributed by atoms with E-state index in [1.807, 2.05) is 51.1 Å². The van der Waals surface area contributed by atoms with Crippen LogP contribution in [0.1, 0.15) is 26.6 Å². The lowest BCUT2D eigenvalue weighted by molar-refractivity contribution is 0.0528. The number of rotatable bonds is 4. The van der Waals surface area contributed by atoms with Crippen molar-refractivity contribution < 1.29 is 9.53 Å². The first-order valence-corrected chi connectivity index (χ1v) is 6.87. The molecule has 2 N–H and O–H groups in total. The van der Waals surface area contributed by atoms with Crippen LogP contribution in [0.4, 0.5) is 4.79 Å². The molecule has 2 aromatic rings. The Balaban J connectivity index is 1.83. The molecule has 1 heterocycles. The second-order valence-corrected chi connectivity index (χ2v) is 5.65. The van der Waals surface area contributed by atoms with E-state index in [0.717, 1.165) is 11.4 Å². The Labute approximate surface area is 123 Å². The Kier molecular flexibility index (Phi) is 4.57. The van der Waals surface area contributed by atoms with Gasteiger partial charge in [0.05, 0.1) is 0 Å². The summed E-state index contributed by atoms with van der Waals surface area (Å²) >= 11 is 0. The largest absolute Gasteiger partial charge is 0.444 e. The average molecular weight is 288 g/mol. The Morgan fingerprint density at radius 2 is 2.00 bits per heavy atom. The lowest BCUT2D eigenvalue weighted by Crippen LogP contribution is -2.33. The smallest absolute Gasteiger partial charge is 0.407 e. The third-order valence-electron chi connectivity index (χ3n) is 2.59. The molecule has 0 spiro atoms. The standard InChI is InChI=1S/C15H20N4O2/c1-15(2,3)21-14(20)16-10-9-12-17-13(19-18-12)11-7-5-4-6-8-11/h4-8H,9-10H2,1-3H3,(H,16,20)(H,17,18,19). The Bertz CT molecular complexity index is 587. The van der Waals surface area contributed by atoms with Crippen LogP contribution in [0.15, 0.2) is 30.3 Å². The van der Waals surface area contributed by atoms with Crippen LogP contribution < -0.4 is 5.32 Å². The van der Waals surface area contributed by atoms with Gasteiger partial charge in [0.15, 0.2) is 5.82 Å². The van der Waals surface area contributed by atoms with E-state index in [1.54, 1.807) is 0 Å². The summed E-state index contributed by atoms with van der Waals surface area (Å²) in [6, 6.07) is 9.73. The van der Waals surface area contributed by atoms with Crippen LogP contribution in [-0.4, -0.2) is 33.4 Å². The molecule has 1 aromatic carbocycles. The molecule has 1 aromatic heterocycles. The van der Waals surface area contributed by atoms with Crippen molar-refractivity contribution in [3.63, 3.8) is 0 Å². The van der Waals surface area contributed by atoms with Gasteiger partial charge in [-0.05, 0) is 20.8 Å². The number of hydrogen-bond donors (Lipinski definition) is 2. The molecule has 0 fully saturated rings. The van der Waals surface area contributed by atoms with E-state index in [9.17, 15) is 4.79 Å². The van der Waals surface area contributed by atoms with Gasteiger partial charge in [-0.3, -0.25) is 5.10 Å². The molecule has 0 unspecified atom stereocenters. The van der Waals surface area contributed by atoms with Gasteiger partial charge in [-0.1, -0.05) is 30.3 Å². The Hall–Kier alpha value is -2.37. The number of alkyl carbamates (subject to hydrolysis) is 1. The zero-order chi connectivity index (χ0) is 15.3. The van der Waals surface area contributed by atoms with Crippen molar-refractivity contribution in [1.82, 2.24) is 20.5 Å². The fourth-order valence-corrected chi connectivity index (χ4v) is 1.72. The van der Waals surface area contributed by atoms with Gasteiger partial charge in [-0.25, -0.2) is 9.78 Å². The van der Waals surface area contributed by atoms with E-state index < -0.39 is 11.7 Å². The van der Waals surface area contributed by atoms with Crippen LogP contribution in [0.3, 0.4) is 0 Å². The maximum Gasteiger partial charge on any atom is 0.407 e. The van der Waals surface area contributed by atoms with Gasteiger partial charge in [0.1, 0.15) is 11.4 Å². The first-order valence-electron chi connectivity index (χ1n) is 6.87. The molecule has 21 heavy (non-hydrogen) atoms. The zero-order valence-corrected chi connectivity index (χ0v) is 12.5. The number of amides is 1. The van der Waals surface area contributed by atoms with E-state index in [2.05, 4.69) is 20.5 Å². The molecule has 1 amide bonds. The number of benzene rings is 1. The molecule has 6 nitrogen and oxygen atoms in total. The molecule has 0 aliphatic rings. The van der Waals surface area contributed by atoms with Crippen molar-refractivity contribution in [2.45, 2.75) is 32.8 Å². The quantitative estimate of drug-likeness (QED) is 0.906. The summed E-state index contributed by atoms with van der Waals surface area (Å²) in [4.78, 5) is 15.9. The summed E-state index contributed by atoms with van der Waals surface area (Å²) in [6.45, 7) is 5.93. The lowest BCUT2D eigenvalue weighted by Gasteiger charge is -2.19. The molecule has 112 valence electrons. The minimum absolute atomic E-state index is 0.426. The number of carbonyl (C=O) groups is 1. The van der Waals surface area contributed by atoms with E-state index in [4.69, 9.17) is 4.74 Å². The minimum atomic E-state index is -0.489. The summed E-state index contributed by atoms with van der Waals surface area (Å²) in [6.07, 6.45) is 0.143. The van der Waals surface area contributed by atoms with E-state index in [0.29, 0.717) is 18.8 Å². The van der Waals surface area contributed by atoms with Gasteiger partial charge in [0.25, 0.3) is 0 Å². The fourth-order valence-electron chi connectivity index (χ4n) is 1.72. The van der Waals surface area contributed by atoms with Gasteiger partial charge < -0.3 is 10.1 Å². The van der Waals surface area contributed by atoms with Crippen LogP contribution in [-0.2, 0) is 11.2 Å². The van der Waals surface area contributed by atoms with Gasteiger partial charge >= 0.3 is 6.09 Å². The zero-order valence-electron chi connectivity index (χ0n) is 12.5. The molecule has 6 heteroatoms. The van der Waals surface area contributed by atoms with Crippen molar-refractivity contribution in [3.8, 4) is 11.4 Å². The molecule has 0 bridgehead atoms. The van der Waals surface area contributed by atoms with Crippen molar-refractivity contribution >= 4 is 6.09 Å². The van der Waals surface area contributed by atoms with Crippen LogP contribution in [0, 0.1) is 0 Å². The lowest BCUT2D eigenvalue weighted by atomic mass is 10.2. The number of aromatic nitrogens is 3. The number of ether oxygens (including phenoxy) is 1. The molecule has 0 aliphatic carbocycles. The number of aromatic amines is 1. The number of hydrogen-bond acceptors (Lipinski definition) is 4. The third-order valence-corrected chi connectivity index (χ3v) is 2.59. The predicted molar refractivity (Wildman–Crippen MR) is 79.8 cm³/mol. The summed E-state index contributed by atoms with van der Waals surface area (Å²) in [5.74, 6) is 1.38. The highest BCUT2D eigenvalue weighted by atomic mass is 16.6. The number of nitrogens with one attached hydrogen (secondary N) is 2. The van der Waals surface area contributed by atoms with Crippen molar-refractivity contribution in [1.29, 1.82) is 0 Å². The van der Waals surface area contributed by atoms with Gasteiger partial charge in [0, 0.05) is 18.5 Å². The molecule has 0 atom stereocenters. The molecular weight excluding hydrogens is 268 g/mol. The van der Waals surface area contributed by atoms with Gasteiger partial charge in [-0.2, -0.15) is 5.10 Å². The highest BCUT2D eigenvalue weighted by Gasteiger charge is 2.15. The van der Waals surface area contributed by atoms with Crippen molar-refractivity contribution in [2.75, 3.05) is 6.54 Å². The van der Waals surface area contributed by atoms with Crippen LogP contribution in [0.2, 0.25) is 0 Å². The summed E-state index contributed by atoms with van der Waals surface area (Å²) in [7, 11) is 0. The number of nitrogens with zero attached hydrogens (tertiary/aromatic N) is 2. The first kappa shape index (κ1) is 15.0. The number of carbonyl (C=O) groups excluding carboxylic acids is 1. The van der Waals surface area contributed by atoms with E-state index >= 15 is 0 Å². The number of H-pyrrole nitrogens is 1. The SMILES string of the molecule is CC(C)(C)OC(=O)NCCc1nc(-c2ccccc2)n[nH]1. The first-order chi connectivity index (χ1) is 9.94. The monoisotopic (exact) mass is 288 g/mol. The summed E-state index contributed by atoms with van der Waals surface area (Å²) in [5.41, 5.74) is 0.469. The topological polar surface area (TPSA) is 79.9 Å². The molecule has 0 radical (unpaired) electrons. The summed E-state index contributed by atoms with van der Waals surface area (Å²) in [5, 5.41) is 9.72. The van der Waals surface area contributed by atoms with Gasteiger partial charge in [-0.15, -0.1) is 0 Å². The van der Waals surface area contributed by atoms with Crippen LogP contribution >= 0.6 is 0 Å². The average Bonchev–Trinajstić information content (AvgIpc) is 2.86. The highest BCUT2D eigenvalue weighted by molar-refractivity contribution is 5.67. The summed E-state index contributed by atoms with van der Waals surface area (Å²) < 4.78 is 5.15. The van der Waals surface area contributed by atoms with Crippen molar-refractivity contribution in [3.05, 3.63) is 36.2 Å².